The highest BCUT2D eigenvalue weighted by molar-refractivity contribution is 7.09. The highest BCUT2D eigenvalue weighted by Crippen LogP contribution is 2.42. The molecule has 1 unspecified atom stereocenters. The topological polar surface area (TPSA) is 111 Å². The number of aromatic hydroxyl groups is 2. The van der Waals surface area contributed by atoms with Crippen LogP contribution in [0, 0.1) is 0 Å². The van der Waals surface area contributed by atoms with Crippen molar-refractivity contribution in [2.45, 2.75) is 12.6 Å². The SMILES string of the molecule is O=C(C1=C(O)C(=O)N(Cc2cccs2)C1c1ccc(O)c(O)c1)c1cc2ccccc2o1. The predicted molar refractivity (Wildman–Crippen MR) is 118 cm³/mol. The molecule has 2 aromatic carbocycles. The summed E-state index contributed by atoms with van der Waals surface area (Å²) in [5.41, 5.74) is 0.735. The number of nitrogens with zero attached hydrogens (tertiary/aromatic N) is 1. The van der Waals surface area contributed by atoms with E-state index in [0.717, 1.165) is 10.3 Å². The van der Waals surface area contributed by atoms with E-state index < -0.39 is 29.2 Å². The number of aliphatic hydroxyl groups excluding tert-OH is 1. The fraction of sp³-hybridized carbons (Fsp3) is 0.0833. The third-order valence-corrected chi connectivity index (χ3v) is 6.28. The summed E-state index contributed by atoms with van der Waals surface area (Å²) in [6.45, 7) is 0.157. The van der Waals surface area contributed by atoms with Crippen molar-refractivity contribution in [1.29, 1.82) is 0 Å². The first kappa shape index (κ1) is 19.9. The van der Waals surface area contributed by atoms with E-state index in [4.69, 9.17) is 4.42 Å². The molecule has 5 rings (SSSR count). The fourth-order valence-electron chi connectivity index (χ4n) is 3.90. The predicted octanol–water partition coefficient (Wildman–Crippen LogP) is 4.68. The minimum Gasteiger partial charge on any atom is -0.504 e. The van der Waals surface area contributed by atoms with Crippen molar-refractivity contribution in [3.05, 3.63) is 93.6 Å². The highest BCUT2D eigenvalue weighted by Gasteiger charge is 2.44. The average Bonchev–Trinajstić information content (AvgIpc) is 3.51. The number of hydrogen-bond acceptors (Lipinski definition) is 7. The zero-order valence-corrected chi connectivity index (χ0v) is 17.4. The van der Waals surface area contributed by atoms with E-state index in [-0.39, 0.29) is 23.6 Å². The van der Waals surface area contributed by atoms with Gasteiger partial charge in [-0.05, 0) is 41.3 Å². The number of carbonyl (C=O) groups is 2. The molecule has 160 valence electrons. The number of thiophene rings is 1. The Bertz CT molecular complexity index is 1350. The Hall–Kier alpha value is -4.04. The molecule has 0 spiro atoms. The Morgan fingerprint density at radius 1 is 1.00 bits per heavy atom. The number of phenols is 2. The van der Waals surface area contributed by atoms with Crippen molar-refractivity contribution < 1.29 is 29.3 Å². The van der Waals surface area contributed by atoms with E-state index in [1.807, 2.05) is 23.6 Å². The van der Waals surface area contributed by atoms with Gasteiger partial charge in [0, 0.05) is 10.3 Å². The molecule has 0 saturated carbocycles. The number of benzene rings is 2. The van der Waals surface area contributed by atoms with E-state index in [1.54, 1.807) is 24.3 Å². The molecular formula is C24H17NO6S. The maximum absolute atomic E-state index is 13.5. The summed E-state index contributed by atoms with van der Waals surface area (Å²) in [5.74, 6) is -2.72. The lowest BCUT2D eigenvalue weighted by Crippen LogP contribution is -2.30. The van der Waals surface area contributed by atoms with Crippen LogP contribution in [-0.4, -0.2) is 31.9 Å². The third kappa shape index (κ3) is 3.21. The van der Waals surface area contributed by atoms with Gasteiger partial charge in [0.25, 0.3) is 5.91 Å². The molecule has 7 nitrogen and oxygen atoms in total. The van der Waals surface area contributed by atoms with Gasteiger partial charge in [-0.25, -0.2) is 0 Å². The second kappa shape index (κ2) is 7.58. The summed E-state index contributed by atoms with van der Waals surface area (Å²) < 4.78 is 5.68. The van der Waals surface area contributed by atoms with Gasteiger partial charge < -0.3 is 24.6 Å². The van der Waals surface area contributed by atoms with Crippen molar-refractivity contribution in [2.75, 3.05) is 0 Å². The van der Waals surface area contributed by atoms with E-state index >= 15 is 0 Å². The molecule has 0 fully saturated rings. The molecule has 32 heavy (non-hydrogen) atoms. The fourth-order valence-corrected chi connectivity index (χ4v) is 4.61. The normalized spacial score (nSPS) is 16.3. The largest absolute Gasteiger partial charge is 0.504 e. The Morgan fingerprint density at radius 2 is 1.81 bits per heavy atom. The van der Waals surface area contributed by atoms with Crippen LogP contribution >= 0.6 is 11.3 Å². The molecule has 1 aliphatic heterocycles. The lowest BCUT2D eigenvalue weighted by atomic mass is 9.94. The lowest BCUT2D eigenvalue weighted by molar-refractivity contribution is -0.130. The van der Waals surface area contributed by atoms with Gasteiger partial charge in [-0.15, -0.1) is 11.3 Å². The number of rotatable bonds is 5. The Labute approximate surface area is 186 Å². The Morgan fingerprint density at radius 3 is 2.53 bits per heavy atom. The van der Waals surface area contributed by atoms with Crippen molar-refractivity contribution in [1.82, 2.24) is 4.90 Å². The molecule has 1 amide bonds. The van der Waals surface area contributed by atoms with Gasteiger partial charge in [-0.2, -0.15) is 0 Å². The molecule has 0 bridgehead atoms. The molecule has 1 aliphatic rings. The smallest absolute Gasteiger partial charge is 0.290 e. The summed E-state index contributed by atoms with van der Waals surface area (Å²) in [4.78, 5) is 28.7. The number of furan rings is 1. The molecule has 1 atom stereocenters. The summed E-state index contributed by atoms with van der Waals surface area (Å²) >= 11 is 1.44. The van der Waals surface area contributed by atoms with Gasteiger partial charge in [0.2, 0.25) is 5.78 Å². The van der Waals surface area contributed by atoms with Crippen molar-refractivity contribution in [3.63, 3.8) is 0 Å². The van der Waals surface area contributed by atoms with Crippen LogP contribution < -0.4 is 0 Å². The van der Waals surface area contributed by atoms with Crippen LogP contribution in [0.5, 0.6) is 11.5 Å². The number of ketones is 1. The molecule has 8 heteroatoms. The second-order valence-electron chi connectivity index (χ2n) is 7.40. The van der Waals surface area contributed by atoms with Crippen LogP contribution in [0.25, 0.3) is 11.0 Å². The summed E-state index contributed by atoms with van der Waals surface area (Å²) in [6.07, 6.45) is 0. The molecule has 2 aromatic heterocycles. The van der Waals surface area contributed by atoms with E-state index in [0.29, 0.717) is 11.1 Å². The molecule has 4 aromatic rings. The zero-order valence-electron chi connectivity index (χ0n) is 16.6. The molecular weight excluding hydrogens is 430 g/mol. The van der Waals surface area contributed by atoms with Gasteiger partial charge in [0.15, 0.2) is 23.0 Å². The van der Waals surface area contributed by atoms with Crippen LogP contribution in [0.1, 0.15) is 27.0 Å². The minimum absolute atomic E-state index is 0.00785. The lowest BCUT2D eigenvalue weighted by Gasteiger charge is -2.26. The van der Waals surface area contributed by atoms with E-state index in [1.165, 1.54) is 34.4 Å². The average molecular weight is 447 g/mol. The number of amides is 1. The highest BCUT2D eigenvalue weighted by atomic mass is 32.1. The standard InChI is InChI=1S/C24H17NO6S/c26-16-8-7-14(10-17(16)27)21-20(22(28)19-11-13-4-1-2-6-18(13)31-19)23(29)24(30)25(21)12-15-5-3-9-32-15/h1-11,21,26-27,29H,12H2. The van der Waals surface area contributed by atoms with Crippen molar-refractivity contribution >= 4 is 34.0 Å². The summed E-state index contributed by atoms with van der Waals surface area (Å²) in [5, 5.41) is 33.1. The number of carbonyl (C=O) groups excluding carboxylic acids is 2. The summed E-state index contributed by atoms with van der Waals surface area (Å²) in [7, 11) is 0. The minimum atomic E-state index is -0.975. The number of hydrogen-bond donors (Lipinski definition) is 3. The quantitative estimate of drug-likeness (QED) is 0.302. The Kier molecular flexibility index (Phi) is 4.71. The maximum atomic E-state index is 13.5. The Balaban J connectivity index is 1.62. The summed E-state index contributed by atoms with van der Waals surface area (Å²) in [6, 6.07) is 15.4. The van der Waals surface area contributed by atoms with Gasteiger partial charge in [0.05, 0.1) is 18.2 Å². The van der Waals surface area contributed by atoms with Crippen LogP contribution in [0.4, 0.5) is 0 Å². The first-order valence-electron chi connectivity index (χ1n) is 9.75. The first-order valence-corrected chi connectivity index (χ1v) is 10.6. The van der Waals surface area contributed by atoms with Gasteiger partial charge >= 0.3 is 0 Å². The number of para-hydroxylation sites is 1. The second-order valence-corrected chi connectivity index (χ2v) is 8.44. The van der Waals surface area contributed by atoms with Gasteiger partial charge in [0.1, 0.15) is 5.58 Å². The van der Waals surface area contributed by atoms with E-state index in [9.17, 15) is 24.9 Å². The van der Waals surface area contributed by atoms with Gasteiger partial charge in [-0.3, -0.25) is 9.59 Å². The number of fused-ring (bicyclic) bond motifs is 1. The van der Waals surface area contributed by atoms with Crippen molar-refractivity contribution in [2.24, 2.45) is 0 Å². The molecule has 0 saturated heterocycles. The first-order chi connectivity index (χ1) is 15.4. The monoisotopic (exact) mass is 447 g/mol. The van der Waals surface area contributed by atoms with E-state index in [2.05, 4.69) is 0 Å². The molecule has 3 N–H and O–H groups in total. The third-order valence-electron chi connectivity index (χ3n) is 5.42. The van der Waals surface area contributed by atoms with Gasteiger partial charge in [-0.1, -0.05) is 30.3 Å². The number of aliphatic hydroxyl groups is 1. The van der Waals surface area contributed by atoms with Crippen LogP contribution in [0.15, 0.2) is 81.8 Å². The van der Waals surface area contributed by atoms with Crippen molar-refractivity contribution in [3.8, 4) is 11.5 Å². The molecule has 3 heterocycles. The maximum Gasteiger partial charge on any atom is 0.290 e. The molecule has 0 aliphatic carbocycles. The number of Topliss-reactive ketones (excluding diaryl/α,β-unsaturated/α-hetero) is 1. The van der Waals surface area contributed by atoms with Crippen LogP contribution in [0.3, 0.4) is 0 Å². The zero-order chi connectivity index (χ0) is 22.4. The van der Waals surface area contributed by atoms with Crippen LogP contribution in [0.2, 0.25) is 0 Å². The number of phenolic OH excluding ortho intramolecular Hbond substituents is 2. The van der Waals surface area contributed by atoms with Crippen LogP contribution in [-0.2, 0) is 11.3 Å². The molecule has 0 radical (unpaired) electrons.